The van der Waals surface area contributed by atoms with Crippen molar-refractivity contribution in [3.63, 3.8) is 0 Å². The van der Waals surface area contributed by atoms with Crippen LogP contribution in [0, 0.1) is 34.8 Å². The molecule has 2 atom stereocenters. The second kappa shape index (κ2) is 13.7. The van der Waals surface area contributed by atoms with Crippen LogP contribution >= 0.6 is 0 Å². The average Bonchev–Trinajstić information content (AvgIpc) is 3.98. The molecule has 3 aliphatic heterocycles. The van der Waals surface area contributed by atoms with Crippen molar-refractivity contribution < 1.29 is 32.1 Å². The molecule has 58 heavy (non-hydrogen) atoms. The van der Waals surface area contributed by atoms with Gasteiger partial charge in [-0.15, -0.1) is 6.42 Å². The topological polar surface area (TPSA) is 92.0 Å². The first kappa shape index (κ1) is 37.6. The number of nitrogens with zero attached hydrogens (tertiary/aromatic N) is 7. The Hall–Kier alpha value is -4.71. The highest BCUT2D eigenvalue weighted by Crippen LogP contribution is 2.66. The van der Waals surface area contributed by atoms with Crippen molar-refractivity contribution in [1.29, 1.82) is 0 Å². The molecule has 2 aliphatic carbocycles. The minimum absolute atomic E-state index is 0.00154. The van der Waals surface area contributed by atoms with E-state index in [0.717, 1.165) is 58.3 Å². The predicted molar refractivity (Wildman–Crippen MR) is 213 cm³/mol. The zero-order valence-corrected chi connectivity index (χ0v) is 32.8. The third kappa shape index (κ3) is 6.15. The molecule has 10 nitrogen and oxygen atoms in total. The third-order valence-electron chi connectivity index (χ3n) is 13.8. The SMILES string of the molecule is C#Cc1c(F)ccc2cc(O)cc(-c3c(F)c4nc(OCC5(CN6CCC7(CC6)CC7(F)F)CC5)nc(N5[C@@H]6CC[C@H]5CN(CCCOC)C6)c4c4cn(C)nc34)c12. The minimum Gasteiger partial charge on any atom is -0.508 e. The number of aryl methyl sites for hydroxylation is 1. The van der Waals surface area contributed by atoms with Crippen LogP contribution < -0.4 is 9.64 Å². The molecule has 0 radical (unpaired) electrons. The second-order valence-corrected chi connectivity index (χ2v) is 17.6. The van der Waals surface area contributed by atoms with E-state index in [1.165, 1.54) is 24.3 Å². The maximum atomic E-state index is 17.9. The number of phenols is 1. The molecule has 0 amide bonds. The average molecular weight is 798 g/mol. The number of phenolic OH excluding ortho intramolecular Hbond substituents is 1. The molecule has 10 rings (SSSR count). The zero-order valence-electron chi connectivity index (χ0n) is 32.8. The van der Waals surface area contributed by atoms with Crippen molar-refractivity contribution in [3.8, 4) is 35.2 Å². The highest BCUT2D eigenvalue weighted by Gasteiger charge is 2.70. The van der Waals surface area contributed by atoms with Gasteiger partial charge in [0.2, 0.25) is 0 Å². The van der Waals surface area contributed by atoms with Gasteiger partial charge in [-0.25, -0.2) is 17.6 Å². The van der Waals surface area contributed by atoms with Gasteiger partial charge in [-0.1, -0.05) is 12.0 Å². The van der Waals surface area contributed by atoms with E-state index in [1.807, 2.05) is 6.20 Å². The molecule has 2 saturated carbocycles. The summed E-state index contributed by atoms with van der Waals surface area (Å²) in [6, 6.07) is 5.91. The summed E-state index contributed by atoms with van der Waals surface area (Å²) in [6.45, 7) is 5.56. The van der Waals surface area contributed by atoms with Crippen LogP contribution in [-0.2, 0) is 11.8 Å². The van der Waals surface area contributed by atoms with Gasteiger partial charge in [0.15, 0.2) is 5.82 Å². The van der Waals surface area contributed by atoms with Crippen LogP contribution in [0.25, 0.3) is 43.7 Å². The maximum Gasteiger partial charge on any atom is 0.319 e. The van der Waals surface area contributed by atoms with E-state index in [9.17, 15) is 13.9 Å². The number of alkyl halides is 2. The van der Waals surface area contributed by atoms with Crippen LogP contribution in [0.2, 0.25) is 0 Å². The number of ether oxygens (including phenoxy) is 2. The molecule has 0 unspecified atom stereocenters. The number of halogens is 4. The lowest BCUT2D eigenvalue weighted by Gasteiger charge is -2.42. The predicted octanol–water partition coefficient (Wildman–Crippen LogP) is 7.27. The number of hydrogen-bond donors (Lipinski definition) is 1. The fourth-order valence-corrected chi connectivity index (χ4v) is 10.4. The number of aromatic nitrogens is 4. The molecule has 2 bridgehead atoms. The van der Waals surface area contributed by atoms with Crippen LogP contribution in [0.15, 0.2) is 30.5 Å². The van der Waals surface area contributed by atoms with Gasteiger partial charge in [-0.05, 0) is 87.2 Å². The van der Waals surface area contributed by atoms with Crippen molar-refractivity contribution in [2.75, 3.05) is 64.5 Å². The van der Waals surface area contributed by atoms with E-state index in [-0.39, 0.29) is 63.3 Å². The largest absolute Gasteiger partial charge is 0.508 e. The van der Waals surface area contributed by atoms with Gasteiger partial charge >= 0.3 is 6.01 Å². The highest BCUT2D eigenvalue weighted by molar-refractivity contribution is 6.18. The van der Waals surface area contributed by atoms with Gasteiger partial charge < -0.3 is 24.4 Å². The standard InChI is InChI=1S/C44H47F4N7O3/c1-4-30-33(45)9-6-26-18-29(56)19-31(34(26)30)35-37(46)39-36(32-22-52(2)51-38(32)35)40(55-27-7-8-28(55)21-54(20-27)14-5-17-57-3)50-41(49-39)58-25-42(10-11-42)24-53-15-12-43(13-16-53)23-44(43,47)48/h1,6,9,18-19,22,27-28,56H,5,7-8,10-17,20-21,23-25H2,2-3H3/t27-,28+. The third-order valence-corrected chi connectivity index (χ3v) is 13.8. The van der Waals surface area contributed by atoms with Crippen LogP contribution in [0.4, 0.5) is 23.4 Å². The molecule has 5 aromatic rings. The molecule has 5 aliphatic rings. The summed E-state index contributed by atoms with van der Waals surface area (Å²) in [4.78, 5) is 17.0. The van der Waals surface area contributed by atoms with E-state index < -0.39 is 23.0 Å². The van der Waals surface area contributed by atoms with Crippen LogP contribution in [-0.4, -0.2) is 112 Å². The number of rotatable bonds is 11. The summed E-state index contributed by atoms with van der Waals surface area (Å²) < 4.78 is 74.8. The summed E-state index contributed by atoms with van der Waals surface area (Å²) >= 11 is 0. The van der Waals surface area contributed by atoms with Gasteiger partial charge in [0, 0.05) is 98.8 Å². The maximum absolute atomic E-state index is 17.9. The van der Waals surface area contributed by atoms with Gasteiger partial charge in [0.25, 0.3) is 5.92 Å². The van der Waals surface area contributed by atoms with E-state index in [4.69, 9.17) is 31.0 Å². The van der Waals surface area contributed by atoms with Crippen LogP contribution in [0.3, 0.4) is 0 Å². The first-order valence-electron chi connectivity index (χ1n) is 20.4. The molecule has 304 valence electrons. The molecule has 5 heterocycles. The number of aromatic hydroxyl groups is 1. The van der Waals surface area contributed by atoms with Crippen molar-refractivity contribution in [1.82, 2.24) is 29.5 Å². The number of methoxy groups -OCH3 is 1. The lowest BCUT2D eigenvalue weighted by atomic mass is 9.91. The summed E-state index contributed by atoms with van der Waals surface area (Å²) in [5, 5.41) is 17.5. The van der Waals surface area contributed by atoms with Gasteiger partial charge in [-0.2, -0.15) is 15.1 Å². The second-order valence-electron chi connectivity index (χ2n) is 17.6. The van der Waals surface area contributed by atoms with Crippen molar-refractivity contribution >= 4 is 38.4 Å². The molecular weight excluding hydrogens is 751 g/mol. The number of fused-ring (bicyclic) bond motifs is 6. The smallest absolute Gasteiger partial charge is 0.319 e. The quantitative estimate of drug-likeness (QED) is 0.0842. The Morgan fingerprint density at radius 3 is 2.40 bits per heavy atom. The minimum atomic E-state index is -2.54. The number of benzene rings is 3. The molecule has 2 aromatic heterocycles. The fourth-order valence-electron chi connectivity index (χ4n) is 10.4. The number of likely N-dealkylation sites (tertiary alicyclic amines) is 2. The van der Waals surface area contributed by atoms with E-state index >= 15 is 8.78 Å². The Morgan fingerprint density at radius 2 is 1.72 bits per heavy atom. The Labute approximate surface area is 334 Å². The lowest BCUT2D eigenvalue weighted by molar-refractivity contribution is 0.0251. The van der Waals surface area contributed by atoms with Crippen molar-refractivity contribution in [2.24, 2.45) is 17.9 Å². The Bertz CT molecular complexity index is 2490. The number of piperazine rings is 1. The van der Waals surface area contributed by atoms with Crippen LogP contribution in [0.5, 0.6) is 11.8 Å². The van der Waals surface area contributed by atoms with Crippen molar-refractivity contribution in [2.45, 2.75) is 69.4 Å². The normalized spacial score (nSPS) is 23.3. The fraction of sp³-hybridized carbons (Fsp3) is 0.523. The molecule has 1 spiro atoms. The summed E-state index contributed by atoms with van der Waals surface area (Å²) in [6.07, 6.45) is 13.4. The Kier molecular flexibility index (Phi) is 8.85. The monoisotopic (exact) mass is 797 g/mol. The summed E-state index contributed by atoms with van der Waals surface area (Å²) in [5.41, 5.74) is -0.464. The Morgan fingerprint density at radius 1 is 0.983 bits per heavy atom. The van der Waals surface area contributed by atoms with Crippen molar-refractivity contribution in [3.05, 3.63) is 47.7 Å². The van der Waals surface area contributed by atoms with Gasteiger partial charge in [0.1, 0.15) is 28.4 Å². The molecule has 3 saturated heterocycles. The lowest BCUT2D eigenvalue weighted by Crippen LogP contribution is -2.54. The van der Waals surface area contributed by atoms with Gasteiger partial charge in [0.05, 0.1) is 17.6 Å². The van der Waals surface area contributed by atoms with E-state index in [1.54, 1.807) is 18.8 Å². The Balaban J connectivity index is 1.08. The summed E-state index contributed by atoms with van der Waals surface area (Å²) in [7, 11) is 3.47. The highest BCUT2D eigenvalue weighted by atomic mass is 19.3. The van der Waals surface area contributed by atoms with E-state index in [0.29, 0.717) is 66.6 Å². The van der Waals surface area contributed by atoms with Crippen LogP contribution in [0.1, 0.15) is 56.9 Å². The zero-order chi connectivity index (χ0) is 40.1. The number of terminal acetylenes is 1. The van der Waals surface area contributed by atoms with E-state index in [2.05, 4.69) is 20.6 Å². The number of hydrogen-bond acceptors (Lipinski definition) is 9. The number of piperidine rings is 1. The molecule has 1 N–H and O–H groups in total. The molecular formula is C44H47F4N7O3. The number of anilines is 1. The summed E-state index contributed by atoms with van der Waals surface area (Å²) in [5.74, 6) is -0.994. The molecule has 5 fully saturated rings. The first-order chi connectivity index (χ1) is 27.9. The van der Waals surface area contributed by atoms with Gasteiger partial charge in [-0.3, -0.25) is 9.58 Å². The molecule has 14 heteroatoms. The first-order valence-corrected chi connectivity index (χ1v) is 20.4. The molecule has 3 aromatic carbocycles.